The maximum Gasteiger partial charge on any atom is 0.0508 e. The average Bonchev–Trinajstić information content (AvgIpc) is 2.77. The summed E-state index contributed by atoms with van der Waals surface area (Å²) in [6.45, 7) is 4.20. The molecular formula is C28H22Cl3N. The lowest BCUT2D eigenvalue weighted by Crippen LogP contribution is -2.09. The molecule has 160 valence electrons. The second kappa shape index (κ2) is 9.83. The van der Waals surface area contributed by atoms with Gasteiger partial charge in [-0.25, -0.2) is 0 Å². The molecule has 32 heavy (non-hydrogen) atoms. The molecule has 0 saturated carbocycles. The molecule has 0 amide bonds. The topological polar surface area (TPSA) is 3.24 Å². The smallest absolute Gasteiger partial charge is 0.0508 e. The second-order valence-electron chi connectivity index (χ2n) is 7.71. The van der Waals surface area contributed by atoms with Crippen molar-refractivity contribution in [1.29, 1.82) is 0 Å². The quantitative estimate of drug-likeness (QED) is 0.258. The van der Waals surface area contributed by atoms with Gasteiger partial charge in [-0.05, 0) is 67.9 Å². The van der Waals surface area contributed by atoms with E-state index in [1.165, 1.54) is 11.1 Å². The predicted molar refractivity (Wildman–Crippen MR) is 141 cm³/mol. The van der Waals surface area contributed by atoms with Gasteiger partial charge in [-0.15, -0.1) is 0 Å². The fourth-order valence-electron chi connectivity index (χ4n) is 3.46. The van der Waals surface area contributed by atoms with E-state index in [-0.39, 0.29) is 0 Å². The molecule has 0 radical (unpaired) electrons. The van der Waals surface area contributed by atoms with Crippen molar-refractivity contribution in [2.75, 3.05) is 4.90 Å². The van der Waals surface area contributed by atoms with Crippen molar-refractivity contribution in [2.45, 2.75) is 13.8 Å². The van der Waals surface area contributed by atoms with Crippen molar-refractivity contribution in [1.82, 2.24) is 0 Å². The zero-order chi connectivity index (χ0) is 22.7. The van der Waals surface area contributed by atoms with Crippen LogP contribution in [0.3, 0.4) is 0 Å². The van der Waals surface area contributed by atoms with Gasteiger partial charge < -0.3 is 4.90 Å². The minimum Gasteiger partial charge on any atom is -0.311 e. The summed E-state index contributed by atoms with van der Waals surface area (Å²) in [6, 6.07) is 28.9. The number of rotatable bonds is 5. The highest BCUT2D eigenvalue weighted by atomic mass is 35.5. The van der Waals surface area contributed by atoms with Crippen molar-refractivity contribution in [3.63, 3.8) is 0 Å². The highest BCUT2D eigenvalue weighted by Crippen LogP contribution is 2.35. The molecule has 0 aliphatic heterocycles. The van der Waals surface area contributed by atoms with Crippen LogP contribution in [0.15, 0.2) is 84.9 Å². The number of benzene rings is 4. The first-order chi connectivity index (χ1) is 15.4. The Morgan fingerprint density at radius 1 is 0.562 bits per heavy atom. The number of anilines is 3. The van der Waals surface area contributed by atoms with E-state index in [0.717, 1.165) is 28.2 Å². The molecule has 0 spiro atoms. The lowest BCUT2D eigenvalue weighted by molar-refractivity contribution is 1.27. The largest absolute Gasteiger partial charge is 0.311 e. The van der Waals surface area contributed by atoms with Crippen LogP contribution in [0.5, 0.6) is 0 Å². The maximum absolute atomic E-state index is 6.30. The Hall–Kier alpha value is -2.71. The van der Waals surface area contributed by atoms with Crippen molar-refractivity contribution < 1.29 is 0 Å². The number of aryl methyl sites for hydroxylation is 2. The predicted octanol–water partition coefficient (Wildman–Crippen LogP) is 9.90. The van der Waals surface area contributed by atoms with Crippen LogP contribution in [0.1, 0.15) is 22.3 Å². The third kappa shape index (κ3) is 5.19. The highest BCUT2D eigenvalue weighted by molar-refractivity contribution is 6.40. The number of halogens is 3. The van der Waals surface area contributed by atoms with Crippen LogP contribution in [0.2, 0.25) is 15.1 Å². The Morgan fingerprint density at radius 3 is 1.41 bits per heavy atom. The van der Waals surface area contributed by atoms with E-state index in [9.17, 15) is 0 Å². The number of nitrogens with zero attached hydrogens (tertiary/aromatic N) is 1. The lowest BCUT2D eigenvalue weighted by atomic mass is 10.1. The molecule has 4 aromatic rings. The molecular weight excluding hydrogens is 457 g/mol. The molecule has 0 aromatic heterocycles. The van der Waals surface area contributed by atoms with Crippen molar-refractivity contribution in [3.05, 3.63) is 122 Å². The van der Waals surface area contributed by atoms with Crippen LogP contribution >= 0.6 is 34.8 Å². The second-order valence-corrected chi connectivity index (χ2v) is 8.97. The summed E-state index contributed by atoms with van der Waals surface area (Å²) in [6.07, 6.45) is 3.90. The summed E-state index contributed by atoms with van der Waals surface area (Å²) in [4.78, 5) is 2.25. The molecule has 1 nitrogen and oxygen atoms in total. The summed E-state index contributed by atoms with van der Waals surface area (Å²) in [5.41, 5.74) is 7.57. The standard InChI is InChI=1S/C28H22Cl3N/c1-19-3-10-23(11-4-19)32(24-12-5-20(2)6-13-24)25-14-7-21(8-15-25)9-16-26-27(30)17-22(29)18-28(26)31/h3-18H,1-2H3/b16-9+. The molecule has 0 atom stereocenters. The number of hydrogen-bond acceptors (Lipinski definition) is 1. The molecule has 0 heterocycles. The Labute approximate surface area is 204 Å². The van der Waals surface area contributed by atoms with E-state index < -0.39 is 0 Å². The Kier molecular flexibility index (Phi) is 6.91. The fraction of sp³-hybridized carbons (Fsp3) is 0.0714. The Bertz CT molecular complexity index is 1170. The molecule has 4 heteroatoms. The summed E-state index contributed by atoms with van der Waals surface area (Å²) in [7, 11) is 0. The summed E-state index contributed by atoms with van der Waals surface area (Å²) in [5, 5.41) is 1.58. The normalized spacial score (nSPS) is 11.2. The van der Waals surface area contributed by atoms with Crippen LogP contribution < -0.4 is 4.90 Å². The zero-order valence-corrected chi connectivity index (χ0v) is 20.1. The monoisotopic (exact) mass is 477 g/mol. The van der Waals surface area contributed by atoms with E-state index in [2.05, 4.69) is 91.5 Å². The molecule has 0 fully saturated rings. The minimum absolute atomic E-state index is 0.522. The Balaban J connectivity index is 1.66. The van der Waals surface area contributed by atoms with E-state index in [1.807, 2.05) is 12.2 Å². The Morgan fingerprint density at radius 2 is 0.969 bits per heavy atom. The zero-order valence-electron chi connectivity index (χ0n) is 17.8. The van der Waals surface area contributed by atoms with Gasteiger partial charge in [0.15, 0.2) is 0 Å². The summed E-state index contributed by atoms with van der Waals surface area (Å²) < 4.78 is 0. The van der Waals surface area contributed by atoms with E-state index in [0.29, 0.717) is 15.1 Å². The first-order valence-electron chi connectivity index (χ1n) is 10.3. The van der Waals surface area contributed by atoms with Gasteiger partial charge in [-0.3, -0.25) is 0 Å². The van der Waals surface area contributed by atoms with E-state index in [1.54, 1.807) is 12.1 Å². The molecule has 0 N–H and O–H groups in total. The lowest BCUT2D eigenvalue weighted by Gasteiger charge is -2.25. The van der Waals surface area contributed by atoms with Crippen LogP contribution in [-0.2, 0) is 0 Å². The molecule has 0 aliphatic rings. The molecule has 4 aromatic carbocycles. The van der Waals surface area contributed by atoms with Gasteiger partial charge in [-0.1, -0.05) is 94.5 Å². The van der Waals surface area contributed by atoms with E-state index >= 15 is 0 Å². The van der Waals surface area contributed by atoms with Crippen LogP contribution in [0.25, 0.3) is 12.2 Å². The third-order valence-corrected chi connectivity index (χ3v) is 6.07. The van der Waals surface area contributed by atoms with Gasteiger partial charge >= 0.3 is 0 Å². The van der Waals surface area contributed by atoms with Crippen molar-refractivity contribution in [2.24, 2.45) is 0 Å². The van der Waals surface area contributed by atoms with Gasteiger partial charge in [0.2, 0.25) is 0 Å². The van der Waals surface area contributed by atoms with E-state index in [4.69, 9.17) is 34.8 Å². The minimum atomic E-state index is 0.522. The molecule has 0 unspecified atom stereocenters. The van der Waals surface area contributed by atoms with Crippen molar-refractivity contribution >= 4 is 64.0 Å². The summed E-state index contributed by atoms with van der Waals surface area (Å²) >= 11 is 18.6. The highest BCUT2D eigenvalue weighted by Gasteiger charge is 2.12. The third-order valence-electron chi connectivity index (χ3n) is 5.22. The van der Waals surface area contributed by atoms with Gasteiger partial charge in [0.25, 0.3) is 0 Å². The SMILES string of the molecule is Cc1ccc(N(c2ccc(C)cc2)c2ccc(/C=C/c3c(Cl)cc(Cl)cc3Cl)cc2)cc1. The number of hydrogen-bond donors (Lipinski definition) is 0. The fourth-order valence-corrected chi connectivity index (χ4v) is 4.40. The van der Waals surface area contributed by atoms with Gasteiger partial charge in [0.1, 0.15) is 0 Å². The average molecular weight is 479 g/mol. The van der Waals surface area contributed by atoms with Gasteiger partial charge in [0, 0.05) is 27.6 Å². The first-order valence-corrected chi connectivity index (χ1v) is 11.4. The van der Waals surface area contributed by atoms with Gasteiger partial charge in [-0.2, -0.15) is 0 Å². The van der Waals surface area contributed by atoms with Crippen LogP contribution in [-0.4, -0.2) is 0 Å². The first kappa shape index (κ1) is 22.5. The maximum atomic E-state index is 6.30. The van der Waals surface area contributed by atoms with Crippen molar-refractivity contribution in [3.8, 4) is 0 Å². The molecule has 0 saturated heterocycles. The molecule has 4 rings (SSSR count). The molecule has 0 bridgehead atoms. The molecule has 0 aliphatic carbocycles. The summed E-state index contributed by atoms with van der Waals surface area (Å²) in [5.74, 6) is 0. The van der Waals surface area contributed by atoms with Crippen LogP contribution in [0.4, 0.5) is 17.1 Å². The van der Waals surface area contributed by atoms with Gasteiger partial charge in [0.05, 0.1) is 10.0 Å². The van der Waals surface area contributed by atoms with Crippen LogP contribution in [0, 0.1) is 13.8 Å².